The topological polar surface area (TPSA) is 128 Å². The van der Waals surface area contributed by atoms with Gasteiger partial charge in [-0.05, 0) is 39.0 Å². The molecular formula is C25H30N8O4. The Kier molecular flexibility index (Phi) is 6.50. The van der Waals surface area contributed by atoms with Crippen LogP contribution in [0.2, 0.25) is 0 Å². The molecule has 37 heavy (non-hydrogen) atoms. The Morgan fingerprint density at radius 2 is 2.11 bits per heavy atom. The van der Waals surface area contributed by atoms with Crippen LogP contribution in [0.4, 0.5) is 16.4 Å². The van der Waals surface area contributed by atoms with Gasteiger partial charge in [0.05, 0.1) is 30.5 Å². The fourth-order valence-electron chi connectivity index (χ4n) is 4.46. The molecule has 2 aliphatic rings. The van der Waals surface area contributed by atoms with Crippen molar-refractivity contribution in [2.24, 2.45) is 0 Å². The van der Waals surface area contributed by atoms with Crippen LogP contribution in [-0.2, 0) is 29.2 Å². The zero-order valence-corrected chi connectivity index (χ0v) is 21.6. The van der Waals surface area contributed by atoms with Gasteiger partial charge in [0.2, 0.25) is 0 Å². The van der Waals surface area contributed by atoms with Crippen LogP contribution in [0.5, 0.6) is 0 Å². The van der Waals surface area contributed by atoms with E-state index in [0.29, 0.717) is 53.2 Å². The zero-order chi connectivity index (χ0) is 26.3. The van der Waals surface area contributed by atoms with Crippen molar-refractivity contribution in [2.45, 2.75) is 52.6 Å². The first-order valence-electron chi connectivity index (χ1n) is 12.2. The quantitative estimate of drug-likeness (QED) is 0.537. The molecule has 2 aliphatic heterocycles. The molecule has 0 fully saturated rings. The van der Waals surface area contributed by atoms with Gasteiger partial charge in [0.1, 0.15) is 30.5 Å². The lowest BCUT2D eigenvalue weighted by molar-refractivity contribution is 0.0609. The summed E-state index contributed by atoms with van der Waals surface area (Å²) in [5, 5.41) is 11.1. The smallest absolute Gasteiger partial charge is 0.407 e. The average molecular weight is 507 g/mol. The van der Waals surface area contributed by atoms with Crippen LogP contribution in [-0.4, -0.2) is 63.5 Å². The Labute approximate surface area is 214 Å². The lowest BCUT2D eigenvalue weighted by Gasteiger charge is -2.23. The first-order valence-corrected chi connectivity index (χ1v) is 12.2. The third kappa shape index (κ3) is 4.48. The minimum Gasteiger partial charge on any atom is -0.443 e. The number of fused-ring (bicyclic) bond motifs is 2. The van der Waals surface area contributed by atoms with Gasteiger partial charge in [-0.15, -0.1) is 10.2 Å². The number of amides is 2. The molecule has 194 valence electrons. The Hall–Kier alpha value is -4.06. The van der Waals surface area contributed by atoms with Gasteiger partial charge in [0.25, 0.3) is 5.91 Å². The van der Waals surface area contributed by atoms with Crippen LogP contribution < -0.4 is 15.1 Å². The molecule has 5 heterocycles. The number of anilines is 2. The minimum absolute atomic E-state index is 0.0534. The van der Waals surface area contributed by atoms with Gasteiger partial charge in [-0.1, -0.05) is 6.07 Å². The van der Waals surface area contributed by atoms with Gasteiger partial charge in [-0.25, -0.2) is 14.8 Å². The van der Waals surface area contributed by atoms with E-state index in [4.69, 9.17) is 19.4 Å². The summed E-state index contributed by atoms with van der Waals surface area (Å²) in [5.41, 5.74) is 2.39. The normalized spacial score (nSPS) is 16.5. The Morgan fingerprint density at radius 1 is 1.30 bits per heavy atom. The second kappa shape index (κ2) is 9.77. The maximum Gasteiger partial charge on any atom is 0.407 e. The lowest BCUT2D eigenvalue weighted by Crippen LogP contribution is -2.27. The fourth-order valence-corrected chi connectivity index (χ4v) is 4.46. The molecule has 12 heteroatoms. The van der Waals surface area contributed by atoms with E-state index in [1.54, 1.807) is 17.0 Å². The number of carbonyl (C=O) groups excluding carboxylic acids is 2. The standard InChI is InChI=1S/C25H30N8O4/c1-14(2)31(5)21-9-16-17(19(28-21)12-37-25(35)26-4)10-32(24(16)34)20-8-6-7-18(27-20)23-30-29-22-13-36-11-15(3)33(22)23/h6-9,14-15H,10-13H2,1-5H3,(H,26,35). The Balaban J connectivity index is 1.50. The molecule has 0 radical (unpaired) electrons. The molecule has 1 unspecified atom stereocenters. The van der Waals surface area contributed by atoms with Crippen LogP contribution >= 0.6 is 0 Å². The van der Waals surface area contributed by atoms with E-state index < -0.39 is 6.09 Å². The number of carbonyl (C=O) groups is 2. The van der Waals surface area contributed by atoms with E-state index in [2.05, 4.69) is 15.5 Å². The molecule has 0 bridgehead atoms. The molecule has 1 N–H and O–H groups in total. The highest BCUT2D eigenvalue weighted by Gasteiger charge is 2.34. The molecule has 0 spiro atoms. The van der Waals surface area contributed by atoms with Gasteiger partial charge >= 0.3 is 6.09 Å². The van der Waals surface area contributed by atoms with Crippen LogP contribution in [0.25, 0.3) is 11.5 Å². The number of hydrogen-bond donors (Lipinski definition) is 1. The number of ether oxygens (including phenoxy) is 2. The van der Waals surface area contributed by atoms with Gasteiger partial charge in [0.15, 0.2) is 11.6 Å². The van der Waals surface area contributed by atoms with Crippen molar-refractivity contribution in [3.8, 4) is 11.5 Å². The van der Waals surface area contributed by atoms with Crippen LogP contribution in [0.1, 0.15) is 54.3 Å². The van der Waals surface area contributed by atoms with Crippen molar-refractivity contribution in [2.75, 3.05) is 30.5 Å². The Morgan fingerprint density at radius 3 is 2.86 bits per heavy atom. The molecule has 12 nitrogen and oxygen atoms in total. The summed E-state index contributed by atoms with van der Waals surface area (Å²) < 4.78 is 12.9. The highest BCUT2D eigenvalue weighted by Crippen LogP contribution is 2.33. The molecule has 0 saturated heterocycles. The van der Waals surface area contributed by atoms with Crippen molar-refractivity contribution in [1.29, 1.82) is 0 Å². The third-order valence-corrected chi connectivity index (χ3v) is 6.71. The van der Waals surface area contributed by atoms with E-state index in [1.165, 1.54) is 7.05 Å². The van der Waals surface area contributed by atoms with Crippen molar-refractivity contribution in [3.05, 3.63) is 46.9 Å². The van der Waals surface area contributed by atoms with Crippen LogP contribution in [0.3, 0.4) is 0 Å². The van der Waals surface area contributed by atoms with Crippen molar-refractivity contribution in [1.82, 2.24) is 30.0 Å². The molecule has 0 aromatic carbocycles. The van der Waals surface area contributed by atoms with E-state index in [0.717, 1.165) is 5.82 Å². The van der Waals surface area contributed by atoms with Crippen LogP contribution in [0.15, 0.2) is 24.3 Å². The second-order valence-corrected chi connectivity index (χ2v) is 9.43. The highest BCUT2D eigenvalue weighted by molar-refractivity contribution is 6.10. The summed E-state index contributed by atoms with van der Waals surface area (Å²) in [6, 6.07) is 7.53. The highest BCUT2D eigenvalue weighted by atomic mass is 16.5. The second-order valence-electron chi connectivity index (χ2n) is 9.43. The van der Waals surface area contributed by atoms with Crippen molar-refractivity contribution < 1.29 is 19.1 Å². The Bertz CT molecular complexity index is 1350. The predicted molar refractivity (Wildman–Crippen MR) is 135 cm³/mol. The number of rotatable bonds is 6. The van der Waals surface area contributed by atoms with E-state index in [9.17, 15) is 9.59 Å². The predicted octanol–water partition coefficient (Wildman–Crippen LogP) is 2.69. The van der Waals surface area contributed by atoms with Gasteiger partial charge in [-0.2, -0.15) is 0 Å². The number of hydrogen-bond acceptors (Lipinski definition) is 9. The molecule has 0 aliphatic carbocycles. The number of aromatic nitrogens is 5. The monoisotopic (exact) mass is 506 g/mol. The molecule has 0 saturated carbocycles. The van der Waals surface area contributed by atoms with Crippen LogP contribution in [0, 0.1) is 0 Å². The van der Waals surface area contributed by atoms with Crippen molar-refractivity contribution in [3.63, 3.8) is 0 Å². The fraction of sp³-hybridized carbons (Fsp3) is 0.440. The largest absolute Gasteiger partial charge is 0.443 e. The summed E-state index contributed by atoms with van der Waals surface area (Å²) in [5.74, 6) is 2.32. The third-order valence-electron chi connectivity index (χ3n) is 6.71. The summed E-state index contributed by atoms with van der Waals surface area (Å²) >= 11 is 0. The van der Waals surface area contributed by atoms with E-state index in [1.807, 2.05) is 49.4 Å². The van der Waals surface area contributed by atoms with Gasteiger partial charge in [0, 0.05) is 25.7 Å². The number of nitrogens with zero attached hydrogens (tertiary/aromatic N) is 7. The lowest BCUT2D eigenvalue weighted by atomic mass is 10.1. The maximum atomic E-state index is 13.6. The number of alkyl carbamates (subject to hydrolysis) is 1. The summed E-state index contributed by atoms with van der Waals surface area (Å²) in [6.45, 7) is 7.29. The molecular weight excluding hydrogens is 476 g/mol. The molecule has 3 aromatic heterocycles. The molecule has 2 amide bonds. The molecule has 5 rings (SSSR count). The average Bonchev–Trinajstić information content (AvgIpc) is 3.49. The van der Waals surface area contributed by atoms with E-state index in [-0.39, 0.29) is 31.1 Å². The molecule has 3 aromatic rings. The first-order chi connectivity index (χ1) is 17.8. The minimum atomic E-state index is -0.565. The zero-order valence-electron chi connectivity index (χ0n) is 21.6. The van der Waals surface area contributed by atoms with Crippen molar-refractivity contribution >= 4 is 23.6 Å². The number of nitrogens with one attached hydrogen (secondary N) is 1. The van der Waals surface area contributed by atoms with E-state index >= 15 is 0 Å². The summed E-state index contributed by atoms with van der Waals surface area (Å²) in [4.78, 5) is 38.5. The summed E-state index contributed by atoms with van der Waals surface area (Å²) in [7, 11) is 3.41. The summed E-state index contributed by atoms with van der Waals surface area (Å²) in [6.07, 6.45) is -0.565. The maximum absolute atomic E-state index is 13.6. The molecule has 1 atom stereocenters. The number of pyridine rings is 2. The SMILES string of the molecule is CNC(=O)OCc1nc(N(C)C(C)C)cc2c1CN(c1cccc(-c3nnc4n3C(C)COC4)n1)C2=O. The first kappa shape index (κ1) is 24.6. The van der Waals surface area contributed by atoms with Gasteiger partial charge in [-0.3, -0.25) is 9.69 Å². The van der Waals surface area contributed by atoms with Gasteiger partial charge < -0.3 is 24.3 Å².